The molecule has 20 heavy (non-hydrogen) atoms. The summed E-state index contributed by atoms with van der Waals surface area (Å²) in [5, 5.41) is 13.6. The summed E-state index contributed by atoms with van der Waals surface area (Å²) in [7, 11) is 0. The van der Waals surface area contributed by atoms with Crippen molar-refractivity contribution in [3.63, 3.8) is 0 Å². The van der Waals surface area contributed by atoms with E-state index in [-0.39, 0.29) is 5.41 Å². The third-order valence-electron chi connectivity index (χ3n) is 5.06. The summed E-state index contributed by atoms with van der Waals surface area (Å²) in [6, 6.07) is 2.58. The Morgan fingerprint density at radius 2 is 2.10 bits per heavy atom. The number of hydrogen-bond donors (Lipinski definition) is 2. The number of aliphatic hydroxyl groups excluding tert-OH is 1. The smallest absolute Gasteiger partial charge is 0.0934 e. The molecule has 3 rings (SSSR count). The van der Waals surface area contributed by atoms with Crippen LogP contribution in [0.15, 0.2) is 6.07 Å². The molecule has 1 aromatic heterocycles. The normalized spacial score (nSPS) is 25.4. The van der Waals surface area contributed by atoms with Crippen LogP contribution in [-0.4, -0.2) is 18.3 Å². The number of fused-ring (bicyclic) bond motifs is 1. The average molecular weight is 314 g/mol. The van der Waals surface area contributed by atoms with Crippen molar-refractivity contribution < 1.29 is 5.11 Å². The maximum atomic E-state index is 9.81. The molecule has 2 nitrogen and oxygen atoms in total. The molecule has 1 saturated carbocycles. The highest BCUT2D eigenvalue weighted by Gasteiger charge is 2.32. The zero-order chi connectivity index (χ0) is 14.0. The van der Waals surface area contributed by atoms with Crippen molar-refractivity contribution in [3.8, 4) is 0 Å². The van der Waals surface area contributed by atoms with Crippen LogP contribution < -0.4 is 5.32 Å². The van der Waals surface area contributed by atoms with E-state index >= 15 is 0 Å². The maximum absolute atomic E-state index is 9.81. The molecule has 4 heteroatoms. The first kappa shape index (κ1) is 14.8. The largest absolute Gasteiger partial charge is 0.396 e. The fraction of sp³-hybridized carbons (Fsp3) is 0.750. The topological polar surface area (TPSA) is 32.3 Å². The Bertz CT molecular complexity index is 453. The molecule has 2 N–H and O–H groups in total. The summed E-state index contributed by atoms with van der Waals surface area (Å²) in [6.45, 7) is 1.27. The first-order valence-electron chi connectivity index (χ1n) is 7.85. The molecule has 2 aliphatic rings. The lowest BCUT2D eigenvalue weighted by molar-refractivity contribution is 0.0776. The summed E-state index contributed by atoms with van der Waals surface area (Å²) >= 11 is 7.91. The van der Waals surface area contributed by atoms with E-state index in [1.165, 1.54) is 61.8 Å². The monoisotopic (exact) mass is 313 g/mol. The van der Waals surface area contributed by atoms with Gasteiger partial charge < -0.3 is 10.4 Å². The Balaban J connectivity index is 1.66. The lowest BCUT2D eigenvalue weighted by atomic mass is 9.74. The number of rotatable bonds is 4. The molecule has 0 aromatic carbocycles. The molecule has 112 valence electrons. The van der Waals surface area contributed by atoms with Crippen LogP contribution in [0.2, 0.25) is 4.34 Å². The van der Waals surface area contributed by atoms with E-state index in [9.17, 15) is 5.11 Å². The molecular formula is C16H24ClNOS. The summed E-state index contributed by atoms with van der Waals surface area (Å²) < 4.78 is 0.915. The Hall–Kier alpha value is -0.0900. The second kappa shape index (κ2) is 6.35. The van der Waals surface area contributed by atoms with Crippen LogP contribution in [0.4, 0.5) is 0 Å². The molecule has 0 aliphatic heterocycles. The fourth-order valence-corrected chi connectivity index (χ4v) is 5.15. The average Bonchev–Trinajstić information content (AvgIpc) is 2.87. The van der Waals surface area contributed by atoms with Crippen molar-refractivity contribution in [2.75, 3.05) is 13.2 Å². The molecule has 0 saturated heterocycles. The van der Waals surface area contributed by atoms with Crippen LogP contribution >= 0.6 is 22.9 Å². The van der Waals surface area contributed by atoms with Crippen LogP contribution in [-0.2, 0) is 6.42 Å². The van der Waals surface area contributed by atoms with Crippen LogP contribution in [0, 0.1) is 5.41 Å². The van der Waals surface area contributed by atoms with Gasteiger partial charge in [0.05, 0.1) is 4.34 Å². The first-order valence-corrected chi connectivity index (χ1v) is 9.04. The van der Waals surface area contributed by atoms with Gasteiger partial charge in [-0.3, -0.25) is 0 Å². The summed E-state index contributed by atoms with van der Waals surface area (Å²) in [4.78, 5) is 1.46. The molecule has 0 spiro atoms. The maximum Gasteiger partial charge on any atom is 0.0934 e. The fourth-order valence-electron chi connectivity index (χ4n) is 3.77. The number of nitrogens with one attached hydrogen (secondary N) is 1. The highest BCUT2D eigenvalue weighted by atomic mass is 35.5. The molecule has 0 amide bonds. The van der Waals surface area contributed by atoms with Gasteiger partial charge in [0.25, 0.3) is 0 Å². The molecule has 1 heterocycles. The predicted molar refractivity (Wildman–Crippen MR) is 85.6 cm³/mol. The van der Waals surface area contributed by atoms with E-state index < -0.39 is 0 Å². The van der Waals surface area contributed by atoms with Gasteiger partial charge in [0.1, 0.15) is 0 Å². The van der Waals surface area contributed by atoms with Gasteiger partial charge in [-0.05, 0) is 43.7 Å². The number of hydrogen-bond acceptors (Lipinski definition) is 3. The Kier molecular flexibility index (Phi) is 4.71. The van der Waals surface area contributed by atoms with E-state index in [0.29, 0.717) is 12.6 Å². The van der Waals surface area contributed by atoms with E-state index in [1.54, 1.807) is 11.3 Å². The standard InChI is InChI=1S/C16H24ClNOS/c17-15-9-12-13(5-4-6-14(12)20-15)18-10-16(11-19)7-2-1-3-8-16/h9,13,18-19H,1-8,10-11H2. The molecule has 0 bridgehead atoms. The number of halogens is 1. The quantitative estimate of drug-likeness (QED) is 0.868. The predicted octanol–water partition coefficient (Wildman–Crippen LogP) is 4.31. The molecule has 1 atom stereocenters. The highest BCUT2D eigenvalue weighted by molar-refractivity contribution is 7.16. The molecule has 1 aromatic rings. The van der Waals surface area contributed by atoms with E-state index in [0.717, 1.165) is 10.9 Å². The number of thiophene rings is 1. The third kappa shape index (κ3) is 3.06. The lowest BCUT2D eigenvalue weighted by Gasteiger charge is -2.37. The summed E-state index contributed by atoms with van der Waals surface area (Å²) in [5.41, 5.74) is 1.53. The summed E-state index contributed by atoms with van der Waals surface area (Å²) in [6.07, 6.45) is 9.81. The van der Waals surface area contributed by atoms with Gasteiger partial charge in [-0.15, -0.1) is 11.3 Å². The SMILES string of the molecule is OCC1(CNC2CCCc3sc(Cl)cc32)CCCCC1. The van der Waals surface area contributed by atoms with Crippen molar-refractivity contribution in [2.45, 2.75) is 57.4 Å². The number of aliphatic hydroxyl groups is 1. The molecule has 1 unspecified atom stereocenters. The second-order valence-corrected chi connectivity index (χ2v) is 8.24. The van der Waals surface area contributed by atoms with Gasteiger partial charge in [0.2, 0.25) is 0 Å². The second-order valence-electron chi connectivity index (χ2n) is 6.47. The van der Waals surface area contributed by atoms with Crippen molar-refractivity contribution in [1.29, 1.82) is 0 Å². The van der Waals surface area contributed by atoms with Gasteiger partial charge in [-0.2, -0.15) is 0 Å². The van der Waals surface area contributed by atoms with Gasteiger partial charge >= 0.3 is 0 Å². The van der Waals surface area contributed by atoms with Crippen molar-refractivity contribution in [1.82, 2.24) is 5.32 Å². The lowest BCUT2D eigenvalue weighted by Crippen LogP contribution is -2.41. The van der Waals surface area contributed by atoms with Crippen LogP contribution in [0.1, 0.15) is 61.4 Å². The minimum Gasteiger partial charge on any atom is -0.396 e. The van der Waals surface area contributed by atoms with Gasteiger partial charge in [0, 0.05) is 29.5 Å². The molecule has 2 aliphatic carbocycles. The minimum absolute atomic E-state index is 0.121. The zero-order valence-corrected chi connectivity index (χ0v) is 13.5. The van der Waals surface area contributed by atoms with E-state index in [1.807, 2.05) is 0 Å². The minimum atomic E-state index is 0.121. The molecule has 1 fully saturated rings. The Labute approximate surface area is 130 Å². The Morgan fingerprint density at radius 3 is 2.85 bits per heavy atom. The molecular weight excluding hydrogens is 290 g/mol. The van der Waals surface area contributed by atoms with Crippen molar-refractivity contribution in [2.24, 2.45) is 5.41 Å². The third-order valence-corrected chi connectivity index (χ3v) is 6.40. The van der Waals surface area contributed by atoms with E-state index in [2.05, 4.69) is 11.4 Å². The first-order chi connectivity index (χ1) is 9.72. The van der Waals surface area contributed by atoms with Crippen LogP contribution in [0.3, 0.4) is 0 Å². The molecule has 0 radical (unpaired) electrons. The summed E-state index contributed by atoms with van der Waals surface area (Å²) in [5.74, 6) is 0. The van der Waals surface area contributed by atoms with Crippen LogP contribution in [0.5, 0.6) is 0 Å². The van der Waals surface area contributed by atoms with E-state index in [4.69, 9.17) is 11.6 Å². The zero-order valence-electron chi connectivity index (χ0n) is 12.0. The van der Waals surface area contributed by atoms with Crippen LogP contribution in [0.25, 0.3) is 0 Å². The van der Waals surface area contributed by atoms with Gasteiger partial charge in [-0.1, -0.05) is 30.9 Å². The highest BCUT2D eigenvalue weighted by Crippen LogP contribution is 2.40. The van der Waals surface area contributed by atoms with Gasteiger partial charge in [0.15, 0.2) is 0 Å². The Morgan fingerprint density at radius 1 is 1.30 bits per heavy atom. The van der Waals surface area contributed by atoms with Crippen molar-refractivity contribution >= 4 is 22.9 Å². The van der Waals surface area contributed by atoms with Gasteiger partial charge in [-0.25, -0.2) is 0 Å². The number of aryl methyl sites for hydroxylation is 1. The van der Waals surface area contributed by atoms with Crippen molar-refractivity contribution in [3.05, 3.63) is 20.8 Å².